The first-order valence-electron chi connectivity index (χ1n) is 10.8. The molecule has 176 valence electrons. The molecule has 8 nitrogen and oxygen atoms in total. The highest BCUT2D eigenvalue weighted by Crippen LogP contribution is 2.30. The van der Waals surface area contributed by atoms with Crippen molar-refractivity contribution in [1.82, 2.24) is 9.29 Å². The fourth-order valence-corrected chi connectivity index (χ4v) is 6.46. The van der Waals surface area contributed by atoms with Crippen LogP contribution in [0, 0.1) is 0 Å². The lowest BCUT2D eigenvalue weighted by Gasteiger charge is -2.27. The van der Waals surface area contributed by atoms with Crippen LogP contribution < -0.4 is 4.90 Å². The van der Waals surface area contributed by atoms with E-state index in [9.17, 15) is 13.2 Å². The molecule has 0 radical (unpaired) electrons. The highest BCUT2D eigenvalue weighted by Gasteiger charge is 2.30. The SMILES string of the molecule is CCc1ccc(C(=O)N(CCOC)c2nc3ccccc3s2)cc1S(=O)(=O)N1CCOCC1. The van der Waals surface area contributed by atoms with Crippen molar-refractivity contribution in [2.75, 3.05) is 51.5 Å². The summed E-state index contributed by atoms with van der Waals surface area (Å²) < 4.78 is 39.7. The molecule has 1 aromatic heterocycles. The second kappa shape index (κ2) is 10.3. The van der Waals surface area contributed by atoms with E-state index in [0.717, 1.165) is 10.2 Å². The molecule has 2 heterocycles. The van der Waals surface area contributed by atoms with E-state index >= 15 is 0 Å². The van der Waals surface area contributed by atoms with Gasteiger partial charge in [0.2, 0.25) is 10.0 Å². The minimum absolute atomic E-state index is 0.175. The van der Waals surface area contributed by atoms with Gasteiger partial charge < -0.3 is 9.47 Å². The summed E-state index contributed by atoms with van der Waals surface area (Å²) in [6.07, 6.45) is 0.540. The van der Waals surface area contributed by atoms with Gasteiger partial charge in [-0.2, -0.15) is 4.31 Å². The molecule has 3 aromatic rings. The first kappa shape index (κ1) is 23.8. The zero-order valence-electron chi connectivity index (χ0n) is 18.7. The molecule has 10 heteroatoms. The second-order valence-corrected chi connectivity index (χ2v) is 10.5. The minimum atomic E-state index is -3.74. The van der Waals surface area contributed by atoms with Gasteiger partial charge in [0.25, 0.3) is 5.91 Å². The van der Waals surface area contributed by atoms with Gasteiger partial charge in [-0.05, 0) is 36.2 Å². The van der Waals surface area contributed by atoms with E-state index in [-0.39, 0.29) is 10.8 Å². The number of amides is 1. The Morgan fingerprint density at radius 3 is 2.67 bits per heavy atom. The molecule has 0 atom stereocenters. The Balaban J connectivity index is 1.72. The van der Waals surface area contributed by atoms with Crippen LogP contribution >= 0.6 is 11.3 Å². The predicted octanol–water partition coefficient (Wildman–Crippen LogP) is 3.17. The Morgan fingerprint density at radius 2 is 1.97 bits per heavy atom. The summed E-state index contributed by atoms with van der Waals surface area (Å²) in [5.74, 6) is -0.313. The molecule has 1 aliphatic rings. The van der Waals surface area contributed by atoms with E-state index in [0.29, 0.717) is 62.1 Å². The van der Waals surface area contributed by atoms with Gasteiger partial charge in [-0.3, -0.25) is 9.69 Å². The molecule has 2 aromatic carbocycles. The van der Waals surface area contributed by atoms with Crippen molar-refractivity contribution >= 4 is 42.6 Å². The number of rotatable bonds is 8. The summed E-state index contributed by atoms with van der Waals surface area (Å²) in [6.45, 7) is 3.86. The Hall–Kier alpha value is -2.37. The third kappa shape index (κ3) is 4.95. The molecule has 0 N–H and O–H groups in total. The van der Waals surface area contributed by atoms with Gasteiger partial charge in [0.1, 0.15) is 0 Å². The van der Waals surface area contributed by atoms with Gasteiger partial charge in [0, 0.05) is 25.8 Å². The van der Waals surface area contributed by atoms with Crippen LogP contribution in [0.1, 0.15) is 22.8 Å². The predicted molar refractivity (Wildman–Crippen MR) is 129 cm³/mol. The quantitative estimate of drug-likeness (QED) is 0.483. The number of carbonyl (C=O) groups is 1. The Labute approximate surface area is 197 Å². The number of para-hydroxylation sites is 1. The molecule has 4 rings (SSSR count). The molecule has 1 amide bonds. The summed E-state index contributed by atoms with van der Waals surface area (Å²) in [6, 6.07) is 12.6. The average Bonchev–Trinajstić information content (AvgIpc) is 3.28. The Kier molecular flexibility index (Phi) is 7.40. The molecular formula is C23H27N3O5S2. The molecule has 33 heavy (non-hydrogen) atoms. The van der Waals surface area contributed by atoms with Gasteiger partial charge in [-0.1, -0.05) is 36.5 Å². The highest BCUT2D eigenvalue weighted by molar-refractivity contribution is 7.89. The summed E-state index contributed by atoms with van der Waals surface area (Å²) in [4.78, 5) is 19.9. The average molecular weight is 490 g/mol. The van der Waals surface area contributed by atoms with E-state index in [1.807, 2.05) is 31.2 Å². The van der Waals surface area contributed by atoms with E-state index in [4.69, 9.17) is 9.47 Å². The maximum absolute atomic E-state index is 13.6. The smallest absolute Gasteiger partial charge is 0.260 e. The highest BCUT2D eigenvalue weighted by atomic mass is 32.2. The fraction of sp³-hybridized carbons (Fsp3) is 0.391. The second-order valence-electron chi connectivity index (χ2n) is 7.61. The number of hydrogen-bond donors (Lipinski definition) is 0. The molecular weight excluding hydrogens is 462 g/mol. The number of hydrogen-bond acceptors (Lipinski definition) is 7. The van der Waals surface area contributed by atoms with E-state index in [2.05, 4.69) is 4.98 Å². The van der Waals surface area contributed by atoms with Crippen molar-refractivity contribution in [2.24, 2.45) is 0 Å². The monoisotopic (exact) mass is 489 g/mol. The zero-order valence-corrected chi connectivity index (χ0v) is 20.3. The van der Waals surface area contributed by atoms with Crippen molar-refractivity contribution in [3.05, 3.63) is 53.6 Å². The van der Waals surface area contributed by atoms with Crippen LogP contribution in [0.25, 0.3) is 10.2 Å². The minimum Gasteiger partial charge on any atom is -0.383 e. The normalized spacial score (nSPS) is 15.1. The van der Waals surface area contributed by atoms with Gasteiger partial charge >= 0.3 is 0 Å². The first-order chi connectivity index (χ1) is 16.0. The van der Waals surface area contributed by atoms with Crippen LogP contribution in [0.5, 0.6) is 0 Å². The van der Waals surface area contributed by atoms with Gasteiger partial charge in [-0.15, -0.1) is 0 Å². The molecule has 0 saturated carbocycles. The molecule has 0 aliphatic carbocycles. The zero-order chi connectivity index (χ0) is 23.4. The number of thiazole rings is 1. The lowest BCUT2D eigenvalue weighted by Crippen LogP contribution is -2.41. The van der Waals surface area contributed by atoms with Gasteiger partial charge in [0.15, 0.2) is 5.13 Å². The Morgan fingerprint density at radius 1 is 1.21 bits per heavy atom. The van der Waals surface area contributed by atoms with Crippen LogP contribution in [0.2, 0.25) is 0 Å². The number of morpholine rings is 1. The number of aryl methyl sites for hydroxylation is 1. The lowest BCUT2D eigenvalue weighted by atomic mass is 10.1. The fourth-order valence-electron chi connectivity index (χ4n) is 3.74. The van der Waals surface area contributed by atoms with Crippen LogP contribution in [-0.4, -0.2) is 70.2 Å². The van der Waals surface area contributed by atoms with Crippen molar-refractivity contribution in [1.29, 1.82) is 0 Å². The number of sulfonamides is 1. The standard InChI is InChI=1S/C23H27N3O5S2/c1-3-17-8-9-18(16-21(17)33(28,29)25-10-14-31-15-11-25)22(27)26(12-13-30-2)23-24-19-6-4-5-7-20(19)32-23/h4-9,16H,3,10-15H2,1-2H3. The summed E-state index contributed by atoms with van der Waals surface area (Å²) in [7, 11) is -2.17. The maximum Gasteiger partial charge on any atom is 0.260 e. The third-order valence-electron chi connectivity index (χ3n) is 5.56. The number of ether oxygens (including phenoxy) is 2. The number of anilines is 1. The Bertz CT molecular complexity index is 1200. The third-order valence-corrected chi connectivity index (χ3v) is 8.60. The number of benzene rings is 2. The van der Waals surface area contributed by atoms with Gasteiger partial charge in [0.05, 0.1) is 41.5 Å². The molecule has 1 saturated heterocycles. The van der Waals surface area contributed by atoms with E-state index in [1.165, 1.54) is 21.7 Å². The molecule has 0 unspecified atom stereocenters. The topological polar surface area (TPSA) is 89.0 Å². The van der Waals surface area contributed by atoms with Crippen LogP contribution in [0.4, 0.5) is 5.13 Å². The molecule has 1 fully saturated rings. The first-order valence-corrected chi connectivity index (χ1v) is 13.1. The van der Waals surface area contributed by atoms with E-state index in [1.54, 1.807) is 24.1 Å². The van der Waals surface area contributed by atoms with E-state index < -0.39 is 10.0 Å². The van der Waals surface area contributed by atoms with Crippen molar-refractivity contribution < 1.29 is 22.7 Å². The number of fused-ring (bicyclic) bond motifs is 1. The van der Waals surface area contributed by atoms with Crippen molar-refractivity contribution in [3.8, 4) is 0 Å². The molecule has 0 bridgehead atoms. The molecule has 0 spiro atoms. The number of methoxy groups -OCH3 is 1. The maximum atomic E-state index is 13.6. The van der Waals surface area contributed by atoms with Crippen molar-refractivity contribution in [2.45, 2.75) is 18.2 Å². The van der Waals surface area contributed by atoms with Crippen LogP contribution in [0.3, 0.4) is 0 Å². The number of carbonyl (C=O) groups excluding carboxylic acids is 1. The summed E-state index contributed by atoms with van der Waals surface area (Å²) >= 11 is 1.42. The lowest BCUT2D eigenvalue weighted by molar-refractivity contribution is 0.0730. The number of aromatic nitrogens is 1. The largest absolute Gasteiger partial charge is 0.383 e. The van der Waals surface area contributed by atoms with Gasteiger partial charge in [-0.25, -0.2) is 13.4 Å². The van der Waals surface area contributed by atoms with Crippen molar-refractivity contribution in [3.63, 3.8) is 0 Å². The summed E-state index contributed by atoms with van der Waals surface area (Å²) in [5.41, 5.74) is 1.79. The van der Waals surface area contributed by atoms with Crippen LogP contribution in [-0.2, 0) is 25.9 Å². The summed E-state index contributed by atoms with van der Waals surface area (Å²) in [5, 5.41) is 0.551. The van der Waals surface area contributed by atoms with Crippen LogP contribution in [0.15, 0.2) is 47.4 Å². The molecule has 1 aliphatic heterocycles. The number of nitrogens with zero attached hydrogens (tertiary/aromatic N) is 3.